The Balaban J connectivity index is 1.96. The van der Waals surface area contributed by atoms with Crippen LogP contribution in [0.15, 0.2) is 39.8 Å². The number of hydrogen-bond acceptors (Lipinski definition) is 6. The van der Waals surface area contributed by atoms with Crippen molar-refractivity contribution in [2.75, 3.05) is 13.6 Å². The molecule has 7 heteroatoms. The molecule has 0 saturated carbocycles. The second-order valence-corrected chi connectivity index (χ2v) is 5.35. The number of hydrogen-bond donors (Lipinski definition) is 1. The van der Waals surface area contributed by atoms with E-state index in [1.54, 1.807) is 31.3 Å². The number of thiocarbonyl (C=S) groups is 1. The highest BCUT2D eigenvalue weighted by molar-refractivity contribution is 7.78. The van der Waals surface area contributed by atoms with Gasteiger partial charge in [-0.1, -0.05) is 17.3 Å². The van der Waals surface area contributed by atoms with Gasteiger partial charge in [-0.3, -0.25) is 4.79 Å². The van der Waals surface area contributed by atoms with Gasteiger partial charge in [-0.25, -0.2) is 0 Å². The molecule has 2 aromatic rings. The summed E-state index contributed by atoms with van der Waals surface area (Å²) in [6.45, 7) is 0.483. The average molecular weight is 315 g/mol. The highest BCUT2D eigenvalue weighted by Gasteiger charge is 2.47. The van der Waals surface area contributed by atoms with Crippen LogP contribution in [0.25, 0.3) is 11.3 Å². The third-order valence-corrected chi connectivity index (χ3v) is 3.84. The summed E-state index contributed by atoms with van der Waals surface area (Å²) in [7, 11) is 1.65. The van der Waals surface area contributed by atoms with E-state index in [4.69, 9.17) is 4.52 Å². The lowest BCUT2D eigenvalue weighted by atomic mass is 9.97. The lowest BCUT2D eigenvalue weighted by molar-refractivity contribution is -0.143. The van der Waals surface area contributed by atoms with E-state index in [1.807, 2.05) is 6.07 Å². The van der Waals surface area contributed by atoms with Gasteiger partial charge < -0.3 is 14.5 Å². The number of aliphatic imine (C=N–C) groups is 1. The number of carbonyl (C=O) groups excluding carboxylic acids is 1. The maximum Gasteiger partial charge on any atom is 0.260 e. The number of rotatable bonds is 3. The van der Waals surface area contributed by atoms with Gasteiger partial charge in [-0.05, 0) is 24.4 Å². The molecule has 1 saturated heterocycles. The number of benzene rings is 1. The Bertz CT molecular complexity index is 782. The van der Waals surface area contributed by atoms with Crippen LogP contribution in [0.5, 0.6) is 0 Å². The fourth-order valence-corrected chi connectivity index (χ4v) is 2.58. The third kappa shape index (κ3) is 2.35. The van der Waals surface area contributed by atoms with Crippen molar-refractivity contribution in [1.82, 2.24) is 10.1 Å². The number of isothiocyanates is 1. The summed E-state index contributed by atoms with van der Waals surface area (Å²) in [6.07, 6.45) is 0.295. The van der Waals surface area contributed by atoms with Gasteiger partial charge in [0.1, 0.15) is 5.69 Å². The van der Waals surface area contributed by atoms with Crippen LogP contribution in [-0.2, 0) is 10.4 Å². The molecule has 1 N–H and O–H groups in total. The van der Waals surface area contributed by atoms with Crippen molar-refractivity contribution in [3.63, 3.8) is 0 Å². The number of amides is 1. The molecule has 1 unspecified atom stereocenters. The largest absolute Gasteiger partial charge is 0.374 e. The summed E-state index contributed by atoms with van der Waals surface area (Å²) in [6, 6.07) is 8.74. The number of aromatic nitrogens is 1. The van der Waals surface area contributed by atoms with Crippen molar-refractivity contribution in [2.24, 2.45) is 4.99 Å². The summed E-state index contributed by atoms with van der Waals surface area (Å²) >= 11 is 4.58. The summed E-state index contributed by atoms with van der Waals surface area (Å²) < 4.78 is 5.28. The molecule has 3 rings (SSSR count). The first-order valence-electron chi connectivity index (χ1n) is 6.68. The van der Waals surface area contributed by atoms with Crippen LogP contribution < -0.4 is 0 Å². The van der Waals surface area contributed by atoms with Crippen molar-refractivity contribution < 1.29 is 14.4 Å². The molecular formula is C15H13N3O3S. The molecule has 22 heavy (non-hydrogen) atoms. The Morgan fingerprint density at radius 3 is 3.00 bits per heavy atom. The highest BCUT2D eigenvalue weighted by atomic mass is 32.1. The van der Waals surface area contributed by atoms with E-state index in [2.05, 4.69) is 27.5 Å². The van der Waals surface area contributed by atoms with E-state index in [1.165, 1.54) is 4.90 Å². The molecular weight excluding hydrogens is 302 g/mol. The molecule has 0 radical (unpaired) electrons. The van der Waals surface area contributed by atoms with Crippen LogP contribution in [0.3, 0.4) is 0 Å². The molecule has 1 amide bonds. The monoisotopic (exact) mass is 315 g/mol. The summed E-state index contributed by atoms with van der Waals surface area (Å²) in [4.78, 5) is 17.5. The van der Waals surface area contributed by atoms with E-state index in [-0.39, 0.29) is 11.6 Å². The predicted octanol–water partition coefficient (Wildman–Crippen LogP) is 2.13. The van der Waals surface area contributed by atoms with Gasteiger partial charge in [0.2, 0.25) is 0 Å². The third-order valence-electron chi connectivity index (χ3n) is 3.75. The van der Waals surface area contributed by atoms with Crippen LogP contribution in [0, 0.1) is 0 Å². The Morgan fingerprint density at radius 1 is 1.50 bits per heavy atom. The molecule has 112 valence electrons. The van der Waals surface area contributed by atoms with Gasteiger partial charge in [0.05, 0.1) is 10.8 Å². The van der Waals surface area contributed by atoms with Crippen LogP contribution in [0.1, 0.15) is 12.1 Å². The average Bonchev–Trinajstić information content (AvgIpc) is 3.11. The predicted molar refractivity (Wildman–Crippen MR) is 82.8 cm³/mol. The van der Waals surface area contributed by atoms with E-state index in [0.29, 0.717) is 24.4 Å². The fraction of sp³-hybridized carbons (Fsp3) is 0.267. The van der Waals surface area contributed by atoms with Gasteiger partial charge in [0.15, 0.2) is 11.4 Å². The lowest BCUT2D eigenvalue weighted by Crippen LogP contribution is -2.36. The zero-order valence-electron chi connectivity index (χ0n) is 11.8. The van der Waals surface area contributed by atoms with E-state index >= 15 is 0 Å². The molecule has 1 aliphatic heterocycles. The molecule has 1 fully saturated rings. The Hall–Kier alpha value is -2.34. The first-order valence-corrected chi connectivity index (χ1v) is 7.09. The summed E-state index contributed by atoms with van der Waals surface area (Å²) in [5.41, 5.74) is -0.0187. The molecule has 2 heterocycles. The van der Waals surface area contributed by atoms with E-state index in [9.17, 15) is 9.90 Å². The standard InChI is InChI=1S/C15H13N3O3S/c1-18-6-5-15(20,14(18)19)13-8-12(21-17-13)10-3-2-4-11(7-10)16-9-22/h2-4,7-8,20H,5-6H2,1H3. The zero-order valence-corrected chi connectivity index (χ0v) is 12.6. The minimum absolute atomic E-state index is 0.223. The van der Waals surface area contributed by atoms with E-state index < -0.39 is 5.60 Å². The second-order valence-electron chi connectivity index (χ2n) is 5.17. The molecule has 1 aromatic heterocycles. The first kappa shape index (κ1) is 14.6. The summed E-state index contributed by atoms with van der Waals surface area (Å²) in [5, 5.41) is 16.7. The molecule has 0 bridgehead atoms. The van der Waals surface area contributed by atoms with Crippen molar-refractivity contribution in [3.8, 4) is 11.3 Å². The Kier molecular flexibility index (Phi) is 3.62. The second kappa shape index (κ2) is 5.46. The minimum Gasteiger partial charge on any atom is -0.374 e. The van der Waals surface area contributed by atoms with Crippen LogP contribution in [-0.4, -0.2) is 39.8 Å². The van der Waals surface area contributed by atoms with E-state index in [0.717, 1.165) is 5.56 Å². The van der Waals surface area contributed by atoms with Crippen molar-refractivity contribution in [2.45, 2.75) is 12.0 Å². The maximum absolute atomic E-state index is 12.1. The molecule has 0 aliphatic carbocycles. The van der Waals surface area contributed by atoms with Gasteiger partial charge in [0, 0.05) is 31.6 Å². The number of likely N-dealkylation sites (tertiary alicyclic amines) is 1. The van der Waals surface area contributed by atoms with Crippen molar-refractivity contribution in [1.29, 1.82) is 0 Å². The van der Waals surface area contributed by atoms with Crippen LogP contribution in [0.2, 0.25) is 0 Å². The summed E-state index contributed by atoms with van der Waals surface area (Å²) in [5.74, 6) is 0.0820. The SMILES string of the molecule is CN1CCC(O)(c2cc(-c3cccc(N=C=S)c3)on2)C1=O. The fourth-order valence-electron chi connectivity index (χ4n) is 2.48. The maximum atomic E-state index is 12.1. The number of carbonyl (C=O) groups is 1. The smallest absolute Gasteiger partial charge is 0.260 e. The molecule has 6 nitrogen and oxygen atoms in total. The normalized spacial score (nSPS) is 21.0. The van der Waals surface area contributed by atoms with Gasteiger partial charge in [-0.2, -0.15) is 4.99 Å². The van der Waals surface area contributed by atoms with Crippen molar-refractivity contribution in [3.05, 3.63) is 36.0 Å². The topological polar surface area (TPSA) is 78.9 Å². The quantitative estimate of drug-likeness (QED) is 0.693. The molecule has 1 aliphatic rings. The van der Waals surface area contributed by atoms with Gasteiger partial charge >= 0.3 is 0 Å². The number of likely N-dealkylation sites (N-methyl/N-ethyl adjacent to an activating group) is 1. The van der Waals surface area contributed by atoms with Crippen molar-refractivity contribution >= 4 is 29.0 Å². The minimum atomic E-state index is -1.61. The van der Waals surface area contributed by atoms with Crippen LogP contribution in [0.4, 0.5) is 5.69 Å². The highest BCUT2D eigenvalue weighted by Crippen LogP contribution is 2.34. The number of aliphatic hydroxyl groups is 1. The Morgan fingerprint density at radius 2 is 2.32 bits per heavy atom. The van der Waals surface area contributed by atoms with Gasteiger partial charge in [-0.15, -0.1) is 0 Å². The zero-order chi connectivity index (χ0) is 15.7. The number of nitrogens with zero attached hydrogens (tertiary/aromatic N) is 3. The Labute approximate surface area is 132 Å². The first-order chi connectivity index (χ1) is 10.5. The molecule has 0 spiro atoms. The lowest BCUT2D eigenvalue weighted by Gasteiger charge is -2.16. The van der Waals surface area contributed by atoms with Crippen LogP contribution >= 0.6 is 12.2 Å². The van der Waals surface area contributed by atoms with Gasteiger partial charge in [0.25, 0.3) is 5.91 Å². The molecule has 1 aromatic carbocycles. The molecule has 1 atom stereocenters.